The minimum absolute atomic E-state index is 0.260. The Morgan fingerprint density at radius 1 is 1.23 bits per heavy atom. The quantitative estimate of drug-likeness (QED) is 0.593. The Balaban J connectivity index is 3.39. The van der Waals surface area contributed by atoms with Crippen LogP contribution in [0, 0.1) is 5.92 Å². The van der Waals surface area contributed by atoms with Gasteiger partial charge in [-0.1, -0.05) is 26.2 Å². The summed E-state index contributed by atoms with van der Waals surface area (Å²) in [5, 5.41) is 9.06. The van der Waals surface area contributed by atoms with Crippen LogP contribution in [0.25, 0.3) is 0 Å². The fraction of sp³-hybridized carbons (Fsp3) is 1.00. The molecule has 0 aromatic heterocycles. The van der Waals surface area contributed by atoms with Crippen molar-refractivity contribution in [3.63, 3.8) is 0 Å². The molecule has 80 valence electrons. The molecule has 0 saturated carbocycles. The molecule has 0 bridgehead atoms. The molecule has 0 fully saturated rings. The summed E-state index contributed by atoms with van der Waals surface area (Å²) >= 11 is 0. The Bertz CT molecular complexity index is 102. The third-order valence-electron chi connectivity index (χ3n) is 2.14. The second kappa shape index (κ2) is 8.52. The first-order valence-corrected chi connectivity index (χ1v) is 5.43. The summed E-state index contributed by atoms with van der Waals surface area (Å²) in [5.74, 6) is 0.342. The molecule has 1 atom stereocenters. The molecule has 0 radical (unpaired) electrons. The number of aliphatic hydroxyl groups excluding tert-OH is 1. The minimum atomic E-state index is 0.260. The molecule has 0 aliphatic heterocycles. The van der Waals surface area contributed by atoms with Crippen LogP contribution in [0.4, 0.5) is 0 Å². The van der Waals surface area contributed by atoms with E-state index in [1.54, 1.807) is 0 Å². The van der Waals surface area contributed by atoms with Gasteiger partial charge >= 0.3 is 0 Å². The zero-order valence-corrected chi connectivity index (χ0v) is 9.25. The van der Waals surface area contributed by atoms with E-state index in [9.17, 15) is 0 Å². The summed E-state index contributed by atoms with van der Waals surface area (Å²) in [6.45, 7) is 7.22. The maximum Gasteiger partial charge on any atom is 0.0519 e. The van der Waals surface area contributed by atoms with Crippen molar-refractivity contribution in [3.05, 3.63) is 0 Å². The highest BCUT2D eigenvalue weighted by atomic mass is 16.5. The molecular formula is C11H24O2. The molecule has 1 unspecified atom stereocenters. The number of unbranched alkanes of at least 4 members (excludes halogenated alkanes) is 2. The van der Waals surface area contributed by atoms with Crippen molar-refractivity contribution in [1.29, 1.82) is 0 Å². The van der Waals surface area contributed by atoms with Crippen LogP contribution in [-0.4, -0.2) is 24.4 Å². The standard InChI is InChI=1S/C11H24O2/c1-4-5-6-7-11(8-12)9-13-10(2)3/h10-12H,4-9H2,1-3H3. The number of rotatable bonds is 8. The van der Waals surface area contributed by atoms with Gasteiger partial charge in [0.15, 0.2) is 0 Å². The van der Waals surface area contributed by atoms with Gasteiger partial charge in [-0.3, -0.25) is 0 Å². The van der Waals surface area contributed by atoms with Crippen molar-refractivity contribution >= 4 is 0 Å². The van der Waals surface area contributed by atoms with Crippen LogP contribution in [0.3, 0.4) is 0 Å². The first-order valence-electron chi connectivity index (χ1n) is 5.43. The monoisotopic (exact) mass is 188 g/mol. The summed E-state index contributed by atoms with van der Waals surface area (Å²) in [6, 6.07) is 0. The smallest absolute Gasteiger partial charge is 0.0519 e. The summed E-state index contributed by atoms with van der Waals surface area (Å²) in [6.07, 6.45) is 5.09. The molecule has 13 heavy (non-hydrogen) atoms. The van der Waals surface area contributed by atoms with Crippen LogP contribution < -0.4 is 0 Å². The molecule has 2 heteroatoms. The van der Waals surface area contributed by atoms with Crippen LogP contribution in [0.5, 0.6) is 0 Å². The maximum absolute atomic E-state index is 9.06. The fourth-order valence-corrected chi connectivity index (χ4v) is 1.24. The SMILES string of the molecule is CCCCCC(CO)COC(C)C. The molecule has 0 heterocycles. The molecule has 0 amide bonds. The average Bonchev–Trinajstić information content (AvgIpc) is 2.10. The van der Waals surface area contributed by atoms with Crippen molar-refractivity contribution in [3.8, 4) is 0 Å². The lowest BCUT2D eigenvalue weighted by Crippen LogP contribution is -2.17. The highest BCUT2D eigenvalue weighted by Crippen LogP contribution is 2.10. The second-order valence-electron chi connectivity index (χ2n) is 3.93. The molecular weight excluding hydrogens is 164 g/mol. The Morgan fingerprint density at radius 2 is 1.92 bits per heavy atom. The van der Waals surface area contributed by atoms with Gasteiger partial charge in [-0.2, -0.15) is 0 Å². The van der Waals surface area contributed by atoms with Gasteiger partial charge < -0.3 is 9.84 Å². The van der Waals surface area contributed by atoms with Crippen LogP contribution in [0.2, 0.25) is 0 Å². The molecule has 1 N–H and O–H groups in total. The van der Waals surface area contributed by atoms with E-state index < -0.39 is 0 Å². The van der Waals surface area contributed by atoms with Crippen molar-refractivity contribution in [2.75, 3.05) is 13.2 Å². The lowest BCUT2D eigenvalue weighted by Gasteiger charge is -2.15. The van der Waals surface area contributed by atoms with Gasteiger partial charge in [0.05, 0.1) is 12.7 Å². The lowest BCUT2D eigenvalue weighted by molar-refractivity contribution is 0.0307. The summed E-state index contributed by atoms with van der Waals surface area (Å²) < 4.78 is 5.47. The average molecular weight is 188 g/mol. The molecule has 0 aromatic rings. The van der Waals surface area contributed by atoms with Crippen LogP contribution in [0.15, 0.2) is 0 Å². The third kappa shape index (κ3) is 8.26. The highest BCUT2D eigenvalue weighted by molar-refractivity contribution is 4.57. The molecule has 0 aliphatic rings. The van der Waals surface area contributed by atoms with Crippen LogP contribution in [0.1, 0.15) is 46.5 Å². The van der Waals surface area contributed by atoms with Crippen molar-refractivity contribution in [2.45, 2.75) is 52.6 Å². The van der Waals surface area contributed by atoms with E-state index in [-0.39, 0.29) is 12.7 Å². The molecule has 0 spiro atoms. The largest absolute Gasteiger partial charge is 0.396 e. The fourth-order valence-electron chi connectivity index (χ4n) is 1.24. The summed E-state index contributed by atoms with van der Waals surface area (Å²) in [4.78, 5) is 0. The van der Waals surface area contributed by atoms with Gasteiger partial charge in [-0.15, -0.1) is 0 Å². The van der Waals surface area contributed by atoms with Crippen molar-refractivity contribution < 1.29 is 9.84 Å². The number of hydrogen-bond acceptors (Lipinski definition) is 2. The lowest BCUT2D eigenvalue weighted by atomic mass is 10.0. The predicted molar refractivity (Wildman–Crippen MR) is 55.8 cm³/mol. The van der Waals surface area contributed by atoms with E-state index >= 15 is 0 Å². The first kappa shape index (κ1) is 12.9. The zero-order chi connectivity index (χ0) is 10.1. The van der Waals surface area contributed by atoms with Crippen molar-refractivity contribution in [1.82, 2.24) is 0 Å². The van der Waals surface area contributed by atoms with Crippen LogP contribution >= 0.6 is 0 Å². The summed E-state index contributed by atoms with van der Waals surface area (Å²) in [5.41, 5.74) is 0. The molecule has 0 aromatic carbocycles. The van der Waals surface area contributed by atoms with E-state index in [2.05, 4.69) is 6.92 Å². The third-order valence-corrected chi connectivity index (χ3v) is 2.14. The number of aliphatic hydroxyl groups is 1. The zero-order valence-electron chi connectivity index (χ0n) is 9.25. The van der Waals surface area contributed by atoms with Gasteiger partial charge in [0.1, 0.15) is 0 Å². The Morgan fingerprint density at radius 3 is 2.38 bits per heavy atom. The minimum Gasteiger partial charge on any atom is -0.396 e. The Labute approximate surface area is 82.3 Å². The molecule has 0 saturated heterocycles. The van der Waals surface area contributed by atoms with E-state index in [1.165, 1.54) is 19.3 Å². The number of hydrogen-bond donors (Lipinski definition) is 1. The maximum atomic E-state index is 9.06. The predicted octanol–water partition coefficient (Wildman–Crippen LogP) is 2.60. The molecule has 0 aliphatic carbocycles. The molecule has 0 rings (SSSR count). The van der Waals surface area contributed by atoms with Gasteiger partial charge in [-0.25, -0.2) is 0 Å². The van der Waals surface area contributed by atoms with Gasteiger partial charge in [0, 0.05) is 12.5 Å². The summed E-state index contributed by atoms with van der Waals surface area (Å²) in [7, 11) is 0. The normalized spacial score (nSPS) is 13.6. The van der Waals surface area contributed by atoms with E-state index in [1.807, 2.05) is 13.8 Å². The van der Waals surface area contributed by atoms with E-state index in [0.29, 0.717) is 12.5 Å². The van der Waals surface area contributed by atoms with E-state index in [4.69, 9.17) is 9.84 Å². The second-order valence-corrected chi connectivity index (χ2v) is 3.93. The van der Waals surface area contributed by atoms with Crippen molar-refractivity contribution in [2.24, 2.45) is 5.92 Å². The number of ether oxygens (including phenoxy) is 1. The highest BCUT2D eigenvalue weighted by Gasteiger charge is 2.07. The first-order chi connectivity index (χ1) is 6.20. The topological polar surface area (TPSA) is 29.5 Å². The van der Waals surface area contributed by atoms with Gasteiger partial charge in [-0.05, 0) is 20.3 Å². The Kier molecular flexibility index (Phi) is 8.46. The van der Waals surface area contributed by atoms with E-state index in [0.717, 1.165) is 6.42 Å². The van der Waals surface area contributed by atoms with Gasteiger partial charge in [0.25, 0.3) is 0 Å². The molecule has 2 nitrogen and oxygen atoms in total. The van der Waals surface area contributed by atoms with Gasteiger partial charge in [0.2, 0.25) is 0 Å². The Hall–Kier alpha value is -0.0800. The van der Waals surface area contributed by atoms with Crippen LogP contribution in [-0.2, 0) is 4.74 Å².